The zero-order valence-corrected chi connectivity index (χ0v) is 11.1. The van der Waals surface area contributed by atoms with E-state index in [1.807, 2.05) is 6.92 Å². The lowest BCUT2D eigenvalue weighted by atomic mass is 10.0. The molecule has 2 N–H and O–H groups in total. The monoisotopic (exact) mass is 263 g/mol. The van der Waals surface area contributed by atoms with Gasteiger partial charge in [-0.2, -0.15) is 0 Å². The van der Waals surface area contributed by atoms with E-state index < -0.39 is 0 Å². The molecule has 0 aromatic heterocycles. The van der Waals surface area contributed by atoms with Crippen LogP contribution >= 0.6 is 12.4 Å². The molecule has 0 saturated carbocycles. The van der Waals surface area contributed by atoms with Crippen LogP contribution in [0.2, 0.25) is 0 Å². The van der Waals surface area contributed by atoms with Crippen LogP contribution in [0.5, 0.6) is 11.5 Å². The predicted molar refractivity (Wildman–Crippen MR) is 68.6 cm³/mol. The summed E-state index contributed by atoms with van der Waals surface area (Å²) in [5, 5.41) is 0. The Hall–Kier alpha value is -1.00. The van der Waals surface area contributed by atoms with Gasteiger partial charge in [0, 0.05) is 17.7 Å². The molecular formula is C12H19ClFNO2. The summed E-state index contributed by atoms with van der Waals surface area (Å²) in [7, 11) is 2.99. The van der Waals surface area contributed by atoms with Crippen molar-refractivity contribution < 1.29 is 13.9 Å². The van der Waals surface area contributed by atoms with E-state index in [0.717, 1.165) is 12.8 Å². The summed E-state index contributed by atoms with van der Waals surface area (Å²) in [5.41, 5.74) is 6.36. The van der Waals surface area contributed by atoms with Gasteiger partial charge in [0.25, 0.3) is 0 Å². The fraction of sp³-hybridized carbons (Fsp3) is 0.500. The smallest absolute Gasteiger partial charge is 0.163 e. The molecule has 1 atom stereocenters. The lowest BCUT2D eigenvalue weighted by Crippen LogP contribution is -2.12. The van der Waals surface area contributed by atoms with Crippen LogP contribution < -0.4 is 15.2 Å². The van der Waals surface area contributed by atoms with Gasteiger partial charge in [-0.1, -0.05) is 13.3 Å². The lowest BCUT2D eigenvalue weighted by molar-refractivity contribution is 0.350. The Morgan fingerprint density at radius 3 is 2.24 bits per heavy atom. The van der Waals surface area contributed by atoms with E-state index in [9.17, 15) is 4.39 Å². The average Bonchev–Trinajstić information content (AvgIpc) is 2.28. The van der Waals surface area contributed by atoms with Gasteiger partial charge >= 0.3 is 0 Å². The average molecular weight is 264 g/mol. The first-order valence-corrected chi connectivity index (χ1v) is 5.31. The van der Waals surface area contributed by atoms with E-state index >= 15 is 0 Å². The van der Waals surface area contributed by atoms with Crippen LogP contribution in [-0.2, 0) is 0 Å². The topological polar surface area (TPSA) is 44.5 Å². The van der Waals surface area contributed by atoms with E-state index in [-0.39, 0.29) is 24.3 Å². The summed E-state index contributed by atoms with van der Waals surface area (Å²) >= 11 is 0. The number of nitrogens with two attached hydrogens (primary N) is 1. The van der Waals surface area contributed by atoms with E-state index in [4.69, 9.17) is 15.2 Å². The third-order valence-electron chi connectivity index (χ3n) is 2.50. The van der Waals surface area contributed by atoms with Crippen molar-refractivity contribution in [2.24, 2.45) is 5.73 Å². The molecule has 0 heterocycles. The quantitative estimate of drug-likeness (QED) is 0.888. The van der Waals surface area contributed by atoms with Crippen LogP contribution in [-0.4, -0.2) is 14.2 Å². The first-order valence-electron chi connectivity index (χ1n) is 5.31. The van der Waals surface area contributed by atoms with Gasteiger partial charge in [0.1, 0.15) is 5.82 Å². The molecule has 1 aromatic carbocycles. The largest absolute Gasteiger partial charge is 0.493 e. The molecule has 0 spiro atoms. The molecule has 0 fully saturated rings. The van der Waals surface area contributed by atoms with Crippen LogP contribution in [0.1, 0.15) is 31.4 Å². The van der Waals surface area contributed by atoms with Gasteiger partial charge in [-0.05, 0) is 12.5 Å². The molecule has 0 aliphatic carbocycles. The van der Waals surface area contributed by atoms with Crippen LogP contribution in [0.3, 0.4) is 0 Å². The van der Waals surface area contributed by atoms with E-state index in [0.29, 0.717) is 17.1 Å². The second-order valence-electron chi connectivity index (χ2n) is 3.62. The number of methoxy groups -OCH3 is 2. The fourth-order valence-electron chi connectivity index (χ4n) is 1.62. The van der Waals surface area contributed by atoms with Gasteiger partial charge in [0.05, 0.1) is 14.2 Å². The molecular weight excluding hydrogens is 245 g/mol. The molecule has 1 rings (SSSR count). The Bertz CT molecular complexity index is 361. The Morgan fingerprint density at radius 1 is 1.24 bits per heavy atom. The normalized spacial score (nSPS) is 11.6. The summed E-state index contributed by atoms with van der Waals surface area (Å²) < 4.78 is 23.8. The van der Waals surface area contributed by atoms with E-state index in [2.05, 4.69) is 0 Å². The molecule has 17 heavy (non-hydrogen) atoms. The lowest BCUT2D eigenvalue weighted by Gasteiger charge is -2.15. The van der Waals surface area contributed by atoms with Crippen LogP contribution in [0.15, 0.2) is 12.1 Å². The summed E-state index contributed by atoms with van der Waals surface area (Å²) in [5.74, 6) is 0.538. The van der Waals surface area contributed by atoms with Crippen molar-refractivity contribution in [3.63, 3.8) is 0 Å². The zero-order chi connectivity index (χ0) is 12.1. The molecule has 5 heteroatoms. The molecule has 3 nitrogen and oxygen atoms in total. The van der Waals surface area contributed by atoms with Gasteiger partial charge in [-0.15, -0.1) is 12.4 Å². The Balaban J connectivity index is 0.00000256. The van der Waals surface area contributed by atoms with Crippen LogP contribution in [0.4, 0.5) is 4.39 Å². The van der Waals surface area contributed by atoms with Crippen LogP contribution in [0, 0.1) is 5.82 Å². The first kappa shape index (κ1) is 16.0. The molecule has 0 aliphatic heterocycles. The number of rotatable bonds is 5. The van der Waals surface area contributed by atoms with Gasteiger partial charge in [0.2, 0.25) is 0 Å². The molecule has 1 aromatic rings. The van der Waals surface area contributed by atoms with Crippen molar-refractivity contribution in [1.29, 1.82) is 0 Å². The van der Waals surface area contributed by atoms with Crippen LogP contribution in [0.25, 0.3) is 0 Å². The highest BCUT2D eigenvalue weighted by Crippen LogP contribution is 2.32. The third kappa shape index (κ3) is 3.75. The number of hydrogen-bond acceptors (Lipinski definition) is 3. The predicted octanol–water partition coefficient (Wildman–Crippen LogP) is 3.06. The van der Waals surface area contributed by atoms with Gasteiger partial charge in [0.15, 0.2) is 11.5 Å². The fourth-order valence-corrected chi connectivity index (χ4v) is 1.62. The molecule has 0 amide bonds. The molecule has 0 bridgehead atoms. The Labute approximate surface area is 108 Å². The summed E-state index contributed by atoms with van der Waals surface area (Å²) in [4.78, 5) is 0. The standard InChI is InChI=1S/C12H18FNO2.ClH/c1-4-5-10(14)8-6-11(15-2)12(16-3)7-9(8)13;/h6-7,10H,4-5,14H2,1-3H3;1H/t10-;/m0./s1. The minimum Gasteiger partial charge on any atom is -0.493 e. The SMILES string of the molecule is CCC[C@H](N)c1cc(OC)c(OC)cc1F.Cl. The summed E-state index contributed by atoms with van der Waals surface area (Å²) in [6, 6.07) is 2.61. The van der Waals surface area contributed by atoms with Crippen molar-refractivity contribution in [1.82, 2.24) is 0 Å². The molecule has 0 aliphatic rings. The van der Waals surface area contributed by atoms with Crippen molar-refractivity contribution >= 4 is 12.4 Å². The maximum Gasteiger partial charge on any atom is 0.163 e. The van der Waals surface area contributed by atoms with Crippen molar-refractivity contribution in [2.45, 2.75) is 25.8 Å². The number of benzene rings is 1. The first-order chi connectivity index (χ1) is 7.63. The molecule has 0 unspecified atom stereocenters. The zero-order valence-electron chi connectivity index (χ0n) is 10.3. The minimum absolute atomic E-state index is 0. The Morgan fingerprint density at radius 2 is 1.76 bits per heavy atom. The van der Waals surface area contributed by atoms with E-state index in [1.165, 1.54) is 20.3 Å². The second kappa shape index (κ2) is 7.35. The van der Waals surface area contributed by atoms with Gasteiger partial charge < -0.3 is 15.2 Å². The Kier molecular flexibility index (Phi) is 6.92. The maximum atomic E-state index is 13.7. The van der Waals surface area contributed by atoms with E-state index in [1.54, 1.807) is 6.07 Å². The second-order valence-corrected chi connectivity index (χ2v) is 3.62. The number of halogens is 2. The third-order valence-corrected chi connectivity index (χ3v) is 2.50. The molecule has 0 radical (unpaired) electrons. The highest BCUT2D eigenvalue weighted by Gasteiger charge is 2.15. The van der Waals surface area contributed by atoms with Gasteiger partial charge in [-0.25, -0.2) is 4.39 Å². The maximum absolute atomic E-state index is 13.7. The minimum atomic E-state index is -0.349. The molecule has 0 saturated heterocycles. The highest BCUT2D eigenvalue weighted by atomic mass is 35.5. The molecule has 98 valence electrons. The number of ether oxygens (including phenoxy) is 2. The number of hydrogen-bond donors (Lipinski definition) is 1. The van der Waals surface area contributed by atoms with Crippen molar-refractivity contribution in [2.75, 3.05) is 14.2 Å². The highest BCUT2D eigenvalue weighted by molar-refractivity contribution is 5.85. The van der Waals surface area contributed by atoms with Gasteiger partial charge in [-0.3, -0.25) is 0 Å². The summed E-state index contributed by atoms with van der Waals surface area (Å²) in [6.45, 7) is 2.01. The van der Waals surface area contributed by atoms with Crippen molar-refractivity contribution in [3.8, 4) is 11.5 Å². The summed E-state index contributed by atoms with van der Waals surface area (Å²) in [6.07, 6.45) is 1.65. The van der Waals surface area contributed by atoms with Crippen molar-refractivity contribution in [3.05, 3.63) is 23.5 Å².